The molecule has 0 spiro atoms. The van der Waals surface area contributed by atoms with Crippen LogP contribution in [0.4, 0.5) is 16.2 Å². The Balaban J connectivity index is 1.72. The van der Waals surface area contributed by atoms with E-state index in [1.807, 2.05) is 12.1 Å². The topological polar surface area (TPSA) is 73.1 Å². The first kappa shape index (κ1) is 14.7. The van der Waals surface area contributed by atoms with E-state index in [9.17, 15) is 4.39 Å². The van der Waals surface area contributed by atoms with Gasteiger partial charge in [-0.1, -0.05) is 12.1 Å². The van der Waals surface area contributed by atoms with Crippen LogP contribution in [-0.4, -0.2) is 23.2 Å². The number of hydrogen-bond donors (Lipinski definition) is 2. The van der Waals surface area contributed by atoms with Gasteiger partial charge in [0.2, 0.25) is 5.95 Å². The number of halogens is 1. The van der Waals surface area contributed by atoms with Crippen molar-refractivity contribution in [1.82, 2.24) is 9.97 Å². The third-order valence-electron chi connectivity index (χ3n) is 3.81. The quantitative estimate of drug-likeness (QED) is 0.908. The molecule has 1 atom stereocenters. The van der Waals surface area contributed by atoms with E-state index in [4.69, 9.17) is 10.5 Å². The van der Waals surface area contributed by atoms with Crippen molar-refractivity contribution in [2.24, 2.45) is 0 Å². The highest BCUT2D eigenvalue weighted by atomic mass is 19.1. The predicted octanol–water partition coefficient (Wildman–Crippen LogP) is 2.62. The first-order valence-electron chi connectivity index (χ1n) is 7.33. The smallest absolute Gasteiger partial charge is 0.222 e. The molecule has 1 aliphatic rings. The molecule has 0 saturated carbocycles. The van der Waals surface area contributed by atoms with Crippen LogP contribution in [-0.2, 0) is 11.3 Å². The van der Waals surface area contributed by atoms with Crippen LogP contribution in [0.25, 0.3) is 0 Å². The van der Waals surface area contributed by atoms with E-state index in [0.717, 1.165) is 24.3 Å². The van der Waals surface area contributed by atoms with E-state index in [1.165, 1.54) is 6.07 Å². The molecule has 0 bridgehead atoms. The Labute approximate surface area is 128 Å². The summed E-state index contributed by atoms with van der Waals surface area (Å²) in [5.74, 6) is 1.01. The fourth-order valence-electron chi connectivity index (χ4n) is 2.56. The highest BCUT2D eigenvalue weighted by molar-refractivity contribution is 5.42. The number of hydrogen-bond acceptors (Lipinski definition) is 5. The molecule has 1 aromatic carbocycles. The van der Waals surface area contributed by atoms with Crippen molar-refractivity contribution in [2.75, 3.05) is 24.3 Å². The summed E-state index contributed by atoms with van der Waals surface area (Å²) in [5, 5.41) is 3.22. The van der Waals surface area contributed by atoms with Gasteiger partial charge in [0.05, 0.1) is 12.3 Å². The van der Waals surface area contributed by atoms with Crippen LogP contribution < -0.4 is 11.1 Å². The first-order chi connectivity index (χ1) is 10.6. The van der Waals surface area contributed by atoms with Crippen LogP contribution >= 0.6 is 0 Å². The average Bonchev–Trinajstić information content (AvgIpc) is 3.02. The van der Waals surface area contributed by atoms with Gasteiger partial charge in [-0.15, -0.1) is 0 Å². The van der Waals surface area contributed by atoms with Gasteiger partial charge >= 0.3 is 0 Å². The Morgan fingerprint density at radius 2 is 2.23 bits per heavy atom. The van der Waals surface area contributed by atoms with Crippen LogP contribution in [0.1, 0.15) is 29.2 Å². The lowest BCUT2D eigenvalue weighted by Gasteiger charge is -2.11. The van der Waals surface area contributed by atoms with Crippen LogP contribution in [0.3, 0.4) is 0 Å². The molecule has 1 aliphatic heterocycles. The predicted molar refractivity (Wildman–Crippen MR) is 83.1 cm³/mol. The van der Waals surface area contributed by atoms with Gasteiger partial charge in [0, 0.05) is 25.1 Å². The Morgan fingerprint density at radius 3 is 2.95 bits per heavy atom. The Morgan fingerprint density at radius 1 is 1.36 bits per heavy atom. The summed E-state index contributed by atoms with van der Waals surface area (Å²) in [7, 11) is 0. The largest absolute Gasteiger partial charge is 0.381 e. The molecule has 0 aliphatic carbocycles. The highest BCUT2D eigenvalue weighted by Gasteiger charge is 2.20. The zero-order valence-corrected chi connectivity index (χ0v) is 12.5. The summed E-state index contributed by atoms with van der Waals surface area (Å²) in [4.78, 5) is 8.49. The molecule has 0 amide bonds. The highest BCUT2D eigenvalue weighted by Crippen LogP contribution is 2.25. The molecule has 2 heterocycles. The summed E-state index contributed by atoms with van der Waals surface area (Å²) in [6.45, 7) is 3.73. The van der Waals surface area contributed by atoms with Crippen molar-refractivity contribution in [3.63, 3.8) is 0 Å². The van der Waals surface area contributed by atoms with Crippen molar-refractivity contribution < 1.29 is 9.13 Å². The number of rotatable bonds is 4. The number of ether oxygens (including phenoxy) is 1. The normalized spacial score (nSPS) is 17.6. The second-order valence-electron chi connectivity index (χ2n) is 5.53. The number of nitrogen functional groups attached to an aromatic ring is 1. The van der Waals surface area contributed by atoms with Gasteiger partial charge in [0.25, 0.3) is 0 Å². The van der Waals surface area contributed by atoms with Crippen LogP contribution in [0.2, 0.25) is 0 Å². The summed E-state index contributed by atoms with van der Waals surface area (Å²) in [5.41, 5.74) is 8.31. The van der Waals surface area contributed by atoms with E-state index in [-0.39, 0.29) is 17.7 Å². The number of nitrogens with one attached hydrogen (secondary N) is 1. The van der Waals surface area contributed by atoms with Gasteiger partial charge in [-0.05, 0) is 30.5 Å². The minimum absolute atomic E-state index is 0.196. The molecule has 6 heteroatoms. The molecule has 0 unspecified atom stereocenters. The molecule has 5 nitrogen and oxygen atoms in total. The zero-order chi connectivity index (χ0) is 15.5. The van der Waals surface area contributed by atoms with Gasteiger partial charge in [-0.2, -0.15) is 4.98 Å². The molecule has 22 heavy (non-hydrogen) atoms. The number of benzene rings is 1. The number of anilines is 2. The maximum atomic E-state index is 13.3. The lowest BCUT2D eigenvalue weighted by atomic mass is 10.0. The van der Waals surface area contributed by atoms with Crippen molar-refractivity contribution in [3.05, 3.63) is 46.9 Å². The molecule has 0 radical (unpaired) electrons. The standard InChI is InChI=1S/C16H19FN4O/c1-10-6-11(2-3-13(10)17)8-19-15-7-14(20-16(18)21-15)12-4-5-22-9-12/h2-3,6-7,12H,4-5,8-9H2,1H3,(H3,18,19,20,21)/t12-/m1/s1. The first-order valence-corrected chi connectivity index (χ1v) is 7.33. The van der Waals surface area contributed by atoms with Gasteiger partial charge in [0.15, 0.2) is 0 Å². The third-order valence-corrected chi connectivity index (χ3v) is 3.81. The maximum absolute atomic E-state index is 13.3. The molecule has 1 saturated heterocycles. The fourth-order valence-corrected chi connectivity index (χ4v) is 2.56. The van der Waals surface area contributed by atoms with E-state index in [2.05, 4.69) is 15.3 Å². The number of nitrogens with two attached hydrogens (primary N) is 1. The van der Waals surface area contributed by atoms with E-state index < -0.39 is 0 Å². The van der Waals surface area contributed by atoms with E-state index in [1.54, 1.807) is 13.0 Å². The van der Waals surface area contributed by atoms with Crippen molar-refractivity contribution in [1.29, 1.82) is 0 Å². The average molecular weight is 302 g/mol. The molecule has 3 N–H and O–H groups in total. The molecule has 3 rings (SSSR count). The Kier molecular flexibility index (Phi) is 4.20. The van der Waals surface area contributed by atoms with Crippen LogP contribution in [0, 0.1) is 12.7 Å². The van der Waals surface area contributed by atoms with Crippen LogP contribution in [0.15, 0.2) is 24.3 Å². The minimum Gasteiger partial charge on any atom is -0.381 e. The molecular weight excluding hydrogens is 283 g/mol. The summed E-state index contributed by atoms with van der Waals surface area (Å²) in [6.07, 6.45) is 0.951. The molecule has 1 fully saturated rings. The summed E-state index contributed by atoms with van der Waals surface area (Å²) >= 11 is 0. The van der Waals surface area contributed by atoms with Crippen LogP contribution in [0.5, 0.6) is 0 Å². The van der Waals surface area contributed by atoms with Gasteiger partial charge in [-0.25, -0.2) is 9.37 Å². The number of nitrogens with zero attached hydrogens (tertiary/aromatic N) is 2. The number of aromatic nitrogens is 2. The maximum Gasteiger partial charge on any atom is 0.222 e. The van der Waals surface area contributed by atoms with Crippen molar-refractivity contribution in [3.8, 4) is 0 Å². The van der Waals surface area contributed by atoms with E-state index >= 15 is 0 Å². The van der Waals surface area contributed by atoms with Crippen molar-refractivity contribution >= 4 is 11.8 Å². The zero-order valence-electron chi connectivity index (χ0n) is 12.5. The minimum atomic E-state index is -0.196. The lowest BCUT2D eigenvalue weighted by molar-refractivity contribution is 0.193. The second kappa shape index (κ2) is 6.27. The van der Waals surface area contributed by atoms with Gasteiger partial charge in [0.1, 0.15) is 11.6 Å². The third kappa shape index (κ3) is 3.33. The summed E-state index contributed by atoms with van der Waals surface area (Å²) < 4.78 is 18.7. The molecule has 1 aromatic heterocycles. The monoisotopic (exact) mass is 302 g/mol. The molecule has 2 aromatic rings. The Bertz CT molecular complexity index is 671. The van der Waals surface area contributed by atoms with E-state index in [0.29, 0.717) is 24.5 Å². The fraction of sp³-hybridized carbons (Fsp3) is 0.375. The van der Waals surface area contributed by atoms with Gasteiger partial charge in [-0.3, -0.25) is 0 Å². The summed E-state index contributed by atoms with van der Waals surface area (Å²) in [6, 6.07) is 6.96. The molecular formula is C16H19FN4O. The van der Waals surface area contributed by atoms with Crippen molar-refractivity contribution in [2.45, 2.75) is 25.8 Å². The van der Waals surface area contributed by atoms with Gasteiger partial charge < -0.3 is 15.8 Å². The Hall–Kier alpha value is -2.21. The molecule has 116 valence electrons. The lowest BCUT2D eigenvalue weighted by Crippen LogP contribution is -2.09. The SMILES string of the molecule is Cc1cc(CNc2cc([C@@H]3CCOC3)nc(N)n2)ccc1F. The second-order valence-corrected chi connectivity index (χ2v) is 5.53. The number of aryl methyl sites for hydroxylation is 1.